The topological polar surface area (TPSA) is 102 Å². The minimum Gasteiger partial charge on any atom is -0.473 e. The van der Waals surface area contributed by atoms with Gasteiger partial charge in [-0.05, 0) is 30.6 Å². The van der Waals surface area contributed by atoms with Gasteiger partial charge in [0.2, 0.25) is 0 Å². The Morgan fingerprint density at radius 1 is 0.893 bits per heavy atom. The van der Waals surface area contributed by atoms with Crippen molar-refractivity contribution in [2.24, 2.45) is 0 Å². The fourth-order valence-corrected chi connectivity index (χ4v) is 2.95. The van der Waals surface area contributed by atoms with Crippen molar-refractivity contribution in [1.82, 2.24) is 4.90 Å². The Kier molecular flexibility index (Phi) is 9.41. The molecule has 0 radical (unpaired) electrons. The Morgan fingerprint density at radius 2 is 1.29 bits per heavy atom. The smallest absolute Gasteiger partial charge is 0.414 e. The van der Waals surface area contributed by atoms with Crippen molar-refractivity contribution < 1.29 is 19.8 Å². The van der Waals surface area contributed by atoms with Gasteiger partial charge in [-0.1, -0.05) is 74.5 Å². The lowest BCUT2D eigenvalue weighted by molar-refractivity contribution is -0.159. The molecule has 0 saturated heterocycles. The van der Waals surface area contributed by atoms with Crippen LogP contribution in [0.15, 0.2) is 60.7 Å². The van der Waals surface area contributed by atoms with Gasteiger partial charge in [0.1, 0.15) is 5.41 Å². The van der Waals surface area contributed by atoms with Crippen LogP contribution in [0.4, 0.5) is 0 Å². The zero-order valence-electron chi connectivity index (χ0n) is 16.2. The largest absolute Gasteiger partial charge is 0.473 e. The first-order valence-corrected chi connectivity index (χ1v) is 9.12. The summed E-state index contributed by atoms with van der Waals surface area (Å²) in [4.78, 5) is 20.6. The number of hydrogen-bond acceptors (Lipinski definition) is 4. The van der Waals surface area contributed by atoms with Gasteiger partial charge in [0, 0.05) is 6.54 Å². The number of carbonyl (C=O) groups is 2. The van der Waals surface area contributed by atoms with Gasteiger partial charge in [-0.2, -0.15) is 5.26 Å². The number of nitriles is 1. The van der Waals surface area contributed by atoms with E-state index < -0.39 is 17.4 Å². The van der Waals surface area contributed by atoms with Crippen molar-refractivity contribution >= 4 is 11.9 Å². The van der Waals surface area contributed by atoms with Crippen molar-refractivity contribution in [3.8, 4) is 6.07 Å². The average molecular weight is 382 g/mol. The number of hydrogen-bond donors (Lipinski definition) is 2. The van der Waals surface area contributed by atoms with E-state index in [4.69, 9.17) is 19.8 Å². The summed E-state index contributed by atoms with van der Waals surface area (Å²) >= 11 is 0. The van der Waals surface area contributed by atoms with Crippen molar-refractivity contribution in [1.29, 1.82) is 5.26 Å². The Balaban J connectivity index is 0.000000568. The first-order chi connectivity index (χ1) is 13.4. The van der Waals surface area contributed by atoms with E-state index in [1.165, 1.54) is 0 Å². The number of benzene rings is 2. The quantitative estimate of drug-likeness (QED) is 0.712. The molecule has 6 heteroatoms. The predicted molar refractivity (Wildman–Crippen MR) is 107 cm³/mol. The zero-order valence-corrected chi connectivity index (χ0v) is 16.2. The number of rotatable bonds is 7. The molecule has 0 aliphatic carbocycles. The number of carboxylic acid groups (broad SMARTS) is 2. The van der Waals surface area contributed by atoms with Gasteiger partial charge in [-0.15, -0.1) is 0 Å². The maximum Gasteiger partial charge on any atom is 0.414 e. The molecule has 2 rings (SSSR count). The van der Waals surface area contributed by atoms with Crippen molar-refractivity contribution in [3.05, 3.63) is 71.8 Å². The van der Waals surface area contributed by atoms with E-state index in [0.717, 1.165) is 37.2 Å². The molecule has 28 heavy (non-hydrogen) atoms. The van der Waals surface area contributed by atoms with E-state index in [-0.39, 0.29) is 0 Å². The summed E-state index contributed by atoms with van der Waals surface area (Å²) in [6, 6.07) is 23.0. The van der Waals surface area contributed by atoms with Crippen LogP contribution in [-0.4, -0.2) is 46.7 Å². The summed E-state index contributed by atoms with van der Waals surface area (Å²) in [5.41, 5.74) is 1.58. The molecule has 2 aromatic rings. The Morgan fingerprint density at radius 3 is 1.57 bits per heavy atom. The van der Waals surface area contributed by atoms with Crippen LogP contribution in [0.2, 0.25) is 0 Å². The maximum absolute atomic E-state index is 10.1. The van der Waals surface area contributed by atoms with Gasteiger partial charge in [0.15, 0.2) is 0 Å². The van der Waals surface area contributed by atoms with Gasteiger partial charge in [-0.25, -0.2) is 9.59 Å². The van der Waals surface area contributed by atoms with Crippen LogP contribution < -0.4 is 0 Å². The molecule has 2 aromatic carbocycles. The van der Waals surface area contributed by atoms with Gasteiger partial charge in [-0.3, -0.25) is 0 Å². The third-order valence-electron chi connectivity index (χ3n) is 4.60. The molecule has 6 nitrogen and oxygen atoms in total. The second-order valence-corrected chi connectivity index (χ2v) is 6.14. The highest BCUT2D eigenvalue weighted by Gasteiger charge is 2.34. The molecule has 0 atom stereocenters. The molecular weight excluding hydrogens is 356 g/mol. The van der Waals surface area contributed by atoms with Crippen molar-refractivity contribution in [3.63, 3.8) is 0 Å². The molecule has 0 fully saturated rings. The molecule has 0 aromatic heterocycles. The molecule has 0 aliphatic rings. The summed E-state index contributed by atoms with van der Waals surface area (Å²) in [6.45, 7) is 7.29. The molecule has 0 unspecified atom stereocenters. The molecule has 0 bridgehead atoms. The summed E-state index contributed by atoms with van der Waals surface area (Å²) in [6.07, 6.45) is 0.805. The fraction of sp³-hybridized carbons (Fsp3) is 0.318. The number of carboxylic acids is 2. The minimum absolute atomic E-state index is 0.578. The van der Waals surface area contributed by atoms with E-state index in [1.807, 2.05) is 36.4 Å². The van der Waals surface area contributed by atoms with Gasteiger partial charge in [0.25, 0.3) is 0 Å². The SMILES string of the molecule is CCN(CC)CCC(C#N)(c1ccccc1)c1ccccc1.O=C(O)C(=O)O. The molecular formula is C22H26N2O4. The van der Waals surface area contributed by atoms with Crippen molar-refractivity contribution in [2.75, 3.05) is 19.6 Å². The normalized spacial score (nSPS) is 10.5. The summed E-state index contributed by atoms with van der Waals surface area (Å²) in [7, 11) is 0. The molecule has 2 N–H and O–H groups in total. The lowest BCUT2D eigenvalue weighted by Gasteiger charge is -2.30. The van der Waals surface area contributed by atoms with E-state index >= 15 is 0 Å². The van der Waals surface area contributed by atoms with Crippen LogP contribution in [0.1, 0.15) is 31.4 Å². The summed E-state index contributed by atoms with van der Waals surface area (Å²) < 4.78 is 0. The minimum atomic E-state index is -1.82. The van der Waals surface area contributed by atoms with Crippen LogP contribution in [0.25, 0.3) is 0 Å². The summed E-state index contributed by atoms with van der Waals surface area (Å²) in [5, 5.41) is 24.9. The van der Waals surface area contributed by atoms with Crippen LogP contribution in [-0.2, 0) is 15.0 Å². The molecule has 148 valence electrons. The Bertz CT molecular complexity index is 730. The molecule has 0 spiro atoms. The van der Waals surface area contributed by atoms with Gasteiger partial charge >= 0.3 is 11.9 Å². The van der Waals surface area contributed by atoms with Crippen LogP contribution in [0.5, 0.6) is 0 Å². The monoisotopic (exact) mass is 382 g/mol. The number of nitrogens with zero attached hydrogens (tertiary/aromatic N) is 2. The molecule has 0 amide bonds. The lowest BCUT2D eigenvalue weighted by Crippen LogP contribution is -2.33. The van der Waals surface area contributed by atoms with Gasteiger partial charge in [0.05, 0.1) is 6.07 Å². The Labute approximate surface area is 165 Å². The number of aliphatic carboxylic acids is 2. The second-order valence-electron chi connectivity index (χ2n) is 6.14. The maximum atomic E-state index is 10.1. The highest BCUT2D eigenvalue weighted by molar-refractivity contribution is 6.27. The third-order valence-corrected chi connectivity index (χ3v) is 4.60. The van der Waals surface area contributed by atoms with Gasteiger partial charge < -0.3 is 15.1 Å². The van der Waals surface area contributed by atoms with E-state index in [0.29, 0.717) is 0 Å². The fourth-order valence-electron chi connectivity index (χ4n) is 2.95. The Hall–Kier alpha value is -3.17. The average Bonchev–Trinajstić information content (AvgIpc) is 2.73. The first kappa shape index (κ1) is 22.9. The van der Waals surface area contributed by atoms with E-state index in [1.54, 1.807) is 0 Å². The lowest BCUT2D eigenvalue weighted by atomic mass is 9.73. The van der Waals surface area contributed by atoms with Crippen LogP contribution in [0, 0.1) is 11.3 Å². The highest BCUT2D eigenvalue weighted by atomic mass is 16.4. The standard InChI is InChI=1S/C20H24N2.C2H2O4/c1-3-22(4-2)16-15-20(17-21,18-11-7-5-8-12-18)19-13-9-6-10-14-19;3-1(4)2(5)6/h5-14H,3-4,15-16H2,1-2H3;(H,3,4)(H,5,6). The predicted octanol–water partition coefficient (Wildman–Crippen LogP) is 3.38. The first-order valence-electron chi connectivity index (χ1n) is 9.12. The molecule has 0 heterocycles. The zero-order chi connectivity index (χ0) is 21.0. The van der Waals surface area contributed by atoms with Crippen LogP contribution >= 0.6 is 0 Å². The van der Waals surface area contributed by atoms with Crippen LogP contribution in [0.3, 0.4) is 0 Å². The molecule has 0 saturated carbocycles. The highest BCUT2D eigenvalue weighted by Crippen LogP contribution is 2.35. The van der Waals surface area contributed by atoms with E-state index in [9.17, 15) is 5.26 Å². The molecule has 0 aliphatic heterocycles. The van der Waals surface area contributed by atoms with E-state index in [2.05, 4.69) is 49.1 Å². The summed E-state index contributed by atoms with van der Waals surface area (Å²) in [5.74, 6) is -3.65. The third kappa shape index (κ3) is 6.22. The van der Waals surface area contributed by atoms with Crippen molar-refractivity contribution in [2.45, 2.75) is 25.7 Å². The second kappa shape index (κ2) is 11.5.